The first-order valence-electron chi connectivity index (χ1n) is 3.77. The van der Waals surface area contributed by atoms with Crippen LogP contribution in [0.5, 0.6) is 0 Å². The first-order valence-corrected chi connectivity index (χ1v) is 3.77. The highest BCUT2D eigenvalue weighted by Crippen LogP contribution is 2.19. The zero-order valence-electron chi connectivity index (χ0n) is 6.88. The second-order valence-electron chi connectivity index (χ2n) is 2.39. The highest BCUT2D eigenvalue weighted by molar-refractivity contribution is 5.21. The summed E-state index contributed by atoms with van der Waals surface area (Å²) in [6.45, 7) is 1.88. The largest absolute Gasteiger partial charge is 0.0856 e. The molecule has 1 rings (SSSR count). The molecule has 0 saturated heterocycles. The molecule has 0 unspecified atom stereocenters. The quantitative estimate of drug-likeness (QED) is 0.370. The van der Waals surface area contributed by atoms with E-state index in [4.69, 9.17) is 5.53 Å². The van der Waals surface area contributed by atoms with Gasteiger partial charge in [-0.1, -0.05) is 42.4 Å². The van der Waals surface area contributed by atoms with Gasteiger partial charge in [-0.15, -0.1) is 0 Å². The predicted octanol–water partition coefficient (Wildman–Crippen LogP) is 3.26. The molecule has 0 aliphatic heterocycles. The molecule has 0 heterocycles. The van der Waals surface area contributed by atoms with E-state index in [1.165, 1.54) is 0 Å². The van der Waals surface area contributed by atoms with Crippen LogP contribution in [0, 0.1) is 6.42 Å². The zero-order chi connectivity index (χ0) is 8.81. The molecular formula is C9H10N3. The molecule has 3 heteroatoms. The fourth-order valence-corrected chi connectivity index (χ4v) is 1.03. The number of benzene rings is 1. The molecule has 1 radical (unpaired) electrons. The summed E-state index contributed by atoms with van der Waals surface area (Å²) in [7, 11) is 0. The summed E-state index contributed by atoms with van der Waals surface area (Å²) in [5, 5.41) is 3.64. The maximum Gasteiger partial charge on any atom is 0.0653 e. The molecule has 0 spiro atoms. The van der Waals surface area contributed by atoms with Gasteiger partial charge in [0.25, 0.3) is 0 Å². The summed E-state index contributed by atoms with van der Waals surface area (Å²) in [5.41, 5.74) is 9.29. The molecule has 0 bridgehead atoms. The molecule has 61 valence electrons. The predicted molar refractivity (Wildman–Crippen MR) is 48.3 cm³/mol. The van der Waals surface area contributed by atoms with Crippen molar-refractivity contribution in [2.75, 3.05) is 0 Å². The van der Waals surface area contributed by atoms with E-state index in [9.17, 15) is 0 Å². The van der Waals surface area contributed by atoms with Gasteiger partial charge in [-0.05, 0) is 17.5 Å². The van der Waals surface area contributed by atoms with Crippen molar-refractivity contribution in [1.82, 2.24) is 0 Å². The first kappa shape index (κ1) is 8.62. The minimum atomic E-state index is -0.142. The molecule has 1 atom stereocenters. The molecule has 1 aromatic rings. The van der Waals surface area contributed by atoms with E-state index >= 15 is 0 Å². The van der Waals surface area contributed by atoms with Crippen molar-refractivity contribution in [3.8, 4) is 0 Å². The number of hydrogen-bond donors (Lipinski definition) is 0. The van der Waals surface area contributed by atoms with E-state index in [2.05, 4.69) is 10.0 Å². The maximum atomic E-state index is 8.27. The Labute approximate surface area is 71.7 Å². The summed E-state index contributed by atoms with van der Waals surface area (Å²) in [6.07, 6.45) is 1.87. The van der Waals surface area contributed by atoms with Crippen LogP contribution in [0.2, 0.25) is 0 Å². The molecular weight excluding hydrogens is 150 g/mol. The van der Waals surface area contributed by atoms with Gasteiger partial charge >= 0.3 is 0 Å². The Balaban J connectivity index is 2.87. The van der Waals surface area contributed by atoms with Gasteiger partial charge in [0.15, 0.2) is 0 Å². The minimum absolute atomic E-state index is 0.142. The topological polar surface area (TPSA) is 48.8 Å². The monoisotopic (exact) mass is 160 g/mol. The Kier molecular flexibility index (Phi) is 3.17. The van der Waals surface area contributed by atoms with Gasteiger partial charge in [-0.2, -0.15) is 0 Å². The average Bonchev–Trinajstić information content (AvgIpc) is 2.15. The molecule has 0 N–H and O–H groups in total. The summed E-state index contributed by atoms with van der Waals surface area (Å²) >= 11 is 0. The summed E-state index contributed by atoms with van der Waals surface area (Å²) < 4.78 is 0. The molecule has 0 aliphatic carbocycles. The van der Waals surface area contributed by atoms with Gasteiger partial charge in [0, 0.05) is 4.91 Å². The van der Waals surface area contributed by atoms with E-state index in [-0.39, 0.29) is 6.04 Å². The fourth-order valence-electron chi connectivity index (χ4n) is 1.03. The SMILES string of the molecule is C[CH][C@@H](N=[N+]=[N-])c1ccccc1. The van der Waals surface area contributed by atoms with Crippen LogP contribution in [0.4, 0.5) is 0 Å². The Bertz CT molecular complexity index is 275. The van der Waals surface area contributed by atoms with Crippen LogP contribution in [0.15, 0.2) is 35.4 Å². The Morgan fingerprint density at radius 2 is 2.08 bits per heavy atom. The highest BCUT2D eigenvalue weighted by Gasteiger charge is 2.04. The van der Waals surface area contributed by atoms with Crippen LogP contribution in [0.1, 0.15) is 18.5 Å². The van der Waals surface area contributed by atoms with Gasteiger partial charge < -0.3 is 0 Å². The van der Waals surface area contributed by atoms with E-state index < -0.39 is 0 Å². The Morgan fingerprint density at radius 1 is 1.42 bits per heavy atom. The molecule has 12 heavy (non-hydrogen) atoms. The molecule has 0 fully saturated rings. The lowest BCUT2D eigenvalue weighted by atomic mass is 10.1. The third kappa shape index (κ3) is 2.01. The highest BCUT2D eigenvalue weighted by atomic mass is 15.1. The van der Waals surface area contributed by atoms with Crippen molar-refractivity contribution in [2.45, 2.75) is 13.0 Å². The number of rotatable bonds is 3. The van der Waals surface area contributed by atoms with Crippen LogP contribution < -0.4 is 0 Å². The minimum Gasteiger partial charge on any atom is -0.0856 e. The number of azide groups is 1. The van der Waals surface area contributed by atoms with Crippen molar-refractivity contribution in [1.29, 1.82) is 0 Å². The molecule has 3 nitrogen and oxygen atoms in total. The van der Waals surface area contributed by atoms with Gasteiger partial charge in [0.1, 0.15) is 0 Å². The number of nitrogens with zero attached hydrogens (tertiary/aromatic N) is 3. The fraction of sp³-hybridized carbons (Fsp3) is 0.222. The van der Waals surface area contributed by atoms with Crippen molar-refractivity contribution in [3.05, 3.63) is 52.8 Å². The van der Waals surface area contributed by atoms with Crippen molar-refractivity contribution in [2.24, 2.45) is 5.11 Å². The normalized spacial score (nSPS) is 11.8. The van der Waals surface area contributed by atoms with Crippen LogP contribution in [0.25, 0.3) is 10.4 Å². The summed E-state index contributed by atoms with van der Waals surface area (Å²) in [5.74, 6) is 0. The van der Waals surface area contributed by atoms with Crippen molar-refractivity contribution in [3.63, 3.8) is 0 Å². The smallest absolute Gasteiger partial charge is 0.0653 e. The van der Waals surface area contributed by atoms with Gasteiger partial charge in [-0.3, -0.25) is 0 Å². The van der Waals surface area contributed by atoms with Crippen LogP contribution in [0.3, 0.4) is 0 Å². The number of hydrogen-bond acceptors (Lipinski definition) is 1. The molecule has 1 aromatic carbocycles. The first-order chi connectivity index (χ1) is 5.88. The third-order valence-electron chi connectivity index (χ3n) is 1.63. The van der Waals surface area contributed by atoms with Crippen LogP contribution in [-0.2, 0) is 0 Å². The summed E-state index contributed by atoms with van der Waals surface area (Å²) in [6, 6.07) is 9.54. The zero-order valence-corrected chi connectivity index (χ0v) is 6.88. The Morgan fingerprint density at radius 3 is 2.58 bits per heavy atom. The third-order valence-corrected chi connectivity index (χ3v) is 1.63. The standard InChI is InChI=1S/C9H10N3/c1-2-9(11-12-10)8-6-4-3-5-7-8/h2-7,9H,1H3/t9-/m1/s1. The second kappa shape index (κ2) is 4.42. The van der Waals surface area contributed by atoms with Crippen molar-refractivity contribution < 1.29 is 0 Å². The second-order valence-corrected chi connectivity index (χ2v) is 2.39. The van der Waals surface area contributed by atoms with E-state index in [0.29, 0.717) is 0 Å². The summed E-state index contributed by atoms with van der Waals surface area (Å²) in [4.78, 5) is 2.78. The van der Waals surface area contributed by atoms with Gasteiger partial charge in [-0.25, -0.2) is 0 Å². The lowest BCUT2D eigenvalue weighted by Gasteiger charge is -2.06. The lowest BCUT2D eigenvalue weighted by molar-refractivity contribution is 0.829. The molecule has 0 amide bonds. The Hall–Kier alpha value is -1.47. The maximum absolute atomic E-state index is 8.27. The molecule has 0 saturated carbocycles. The van der Waals surface area contributed by atoms with E-state index in [1.807, 2.05) is 43.7 Å². The van der Waals surface area contributed by atoms with Crippen LogP contribution in [-0.4, -0.2) is 0 Å². The van der Waals surface area contributed by atoms with Gasteiger partial charge in [0.2, 0.25) is 0 Å². The van der Waals surface area contributed by atoms with Gasteiger partial charge in [0.05, 0.1) is 6.04 Å². The lowest BCUT2D eigenvalue weighted by Crippen LogP contribution is -1.91. The van der Waals surface area contributed by atoms with E-state index in [0.717, 1.165) is 5.56 Å². The molecule has 0 aromatic heterocycles. The van der Waals surface area contributed by atoms with E-state index in [1.54, 1.807) is 0 Å². The average molecular weight is 160 g/mol. The van der Waals surface area contributed by atoms with Crippen LogP contribution >= 0.6 is 0 Å². The molecule has 0 aliphatic rings. The van der Waals surface area contributed by atoms with Crippen molar-refractivity contribution >= 4 is 0 Å².